The molecular weight excluding hydrogens is 242 g/mol. The van der Waals surface area contributed by atoms with E-state index >= 15 is 0 Å². The number of nitrogens with zero attached hydrogens (tertiary/aromatic N) is 2. The van der Waals surface area contributed by atoms with Crippen LogP contribution >= 0.6 is 11.8 Å². The quantitative estimate of drug-likeness (QED) is 0.833. The van der Waals surface area contributed by atoms with Crippen molar-refractivity contribution in [3.05, 3.63) is 42.5 Å². The number of imidazole rings is 1. The van der Waals surface area contributed by atoms with E-state index in [-0.39, 0.29) is 0 Å². The molecule has 94 valence electrons. The second kappa shape index (κ2) is 5.06. The van der Waals surface area contributed by atoms with E-state index in [2.05, 4.69) is 45.4 Å². The lowest BCUT2D eigenvalue weighted by Crippen LogP contribution is -2.05. The molecule has 4 heteroatoms. The molecule has 0 spiro atoms. The third-order valence-electron chi connectivity index (χ3n) is 3.25. The van der Waals surface area contributed by atoms with E-state index < -0.39 is 0 Å². The van der Waals surface area contributed by atoms with Crippen molar-refractivity contribution < 1.29 is 0 Å². The molecule has 3 rings (SSSR count). The molecule has 0 saturated heterocycles. The van der Waals surface area contributed by atoms with Gasteiger partial charge in [0.1, 0.15) is 0 Å². The Hall–Kier alpha value is -1.42. The summed E-state index contributed by atoms with van der Waals surface area (Å²) in [6, 6.07) is 9.24. The molecule has 1 N–H and O–H groups in total. The van der Waals surface area contributed by atoms with Crippen molar-refractivity contribution >= 4 is 17.4 Å². The van der Waals surface area contributed by atoms with Gasteiger partial charge in [0, 0.05) is 22.8 Å². The van der Waals surface area contributed by atoms with E-state index in [1.54, 1.807) is 11.8 Å². The third-order valence-corrected chi connectivity index (χ3v) is 3.99. The van der Waals surface area contributed by atoms with Gasteiger partial charge in [-0.2, -0.15) is 0 Å². The Morgan fingerprint density at radius 3 is 2.78 bits per heavy atom. The molecule has 0 atom stereocenters. The summed E-state index contributed by atoms with van der Waals surface area (Å²) in [7, 11) is 0. The summed E-state index contributed by atoms with van der Waals surface area (Å²) in [6.07, 6.45) is 8.60. The van der Waals surface area contributed by atoms with Crippen molar-refractivity contribution in [2.75, 3.05) is 11.6 Å². The molecule has 0 radical (unpaired) electrons. The number of rotatable bonds is 5. The molecule has 1 fully saturated rings. The summed E-state index contributed by atoms with van der Waals surface area (Å²) < 4.78 is 2.29. The topological polar surface area (TPSA) is 29.9 Å². The van der Waals surface area contributed by atoms with Crippen molar-refractivity contribution in [1.29, 1.82) is 0 Å². The number of aromatic nitrogens is 2. The first-order valence-electron chi connectivity index (χ1n) is 6.25. The van der Waals surface area contributed by atoms with E-state index in [4.69, 9.17) is 0 Å². The Balaban J connectivity index is 1.64. The van der Waals surface area contributed by atoms with E-state index in [0.29, 0.717) is 6.04 Å². The van der Waals surface area contributed by atoms with Gasteiger partial charge in [-0.3, -0.25) is 0 Å². The second-order valence-corrected chi connectivity index (χ2v) is 5.49. The maximum Gasteiger partial charge on any atom is 0.0951 e. The molecule has 1 aliphatic rings. The Labute approximate surface area is 112 Å². The first-order chi connectivity index (χ1) is 8.86. The number of thioether (sulfide) groups is 1. The maximum atomic E-state index is 4.24. The maximum absolute atomic E-state index is 4.24. The summed E-state index contributed by atoms with van der Waals surface area (Å²) in [5, 5.41) is 3.45. The van der Waals surface area contributed by atoms with E-state index in [1.807, 2.05) is 12.5 Å². The van der Waals surface area contributed by atoms with E-state index in [0.717, 1.165) is 12.2 Å². The van der Waals surface area contributed by atoms with Crippen LogP contribution in [0.3, 0.4) is 0 Å². The second-order valence-electron chi connectivity index (χ2n) is 4.61. The van der Waals surface area contributed by atoms with Crippen LogP contribution < -0.4 is 5.32 Å². The van der Waals surface area contributed by atoms with Crippen LogP contribution in [0.25, 0.3) is 0 Å². The van der Waals surface area contributed by atoms with Gasteiger partial charge in [-0.05, 0) is 43.4 Å². The summed E-state index contributed by atoms with van der Waals surface area (Å²) in [4.78, 5) is 5.54. The smallest absolute Gasteiger partial charge is 0.0951 e. The van der Waals surface area contributed by atoms with Crippen LogP contribution in [0, 0.1) is 0 Å². The van der Waals surface area contributed by atoms with Crippen LogP contribution in [0.1, 0.15) is 24.6 Å². The van der Waals surface area contributed by atoms with Gasteiger partial charge in [0.05, 0.1) is 18.6 Å². The first kappa shape index (κ1) is 11.7. The third kappa shape index (κ3) is 2.53. The largest absolute Gasteiger partial charge is 0.379 e. The van der Waals surface area contributed by atoms with E-state index in [9.17, 15) is 0 Å². The van der Waals surface area contributed by atoms with Crippen molar-refractivity contribution in [1.82, 2.24) is 9.55 Å². The average molecular weight is 259 g/mol. The molecule has 1 aromatic carbocycles. The summed E-state index contributed by atoms with van der Waals surface area (Å²) >= 11 is 1.77. The highest BCUT2D eigenvalue weighted by Crippen LogP contribution is 2.35. The number of anilines is 1. The fraction of sp³-hybridized carbons (Fsp3) is 0.357. The lowest BCUT2D eigenvalue weighted by Gasteiger charge is -2.09. The zero-order valence-corrected chi connectivity index (χ0v) is 11.3. The lowest BCUT2D eigenvalue weighted by molar-refractivity contribution is 0.701. The average Bonchev–Trinajstić information content (AvgIpc) is 3.16. The van der Waals surface area contributed by atoms with Crippen LogP contribution in [-0.2, 0) is 6.54 Å². The Morgan fingerprint density at radius 2 is 2.11 bits per heavy atom. The summed E-state index contributed by atoms with van der Waals surface area (Å²) in [5.74, 6) is 0. The minimum Gasteiger partial charge on any atom is -0.379 e. The number of nitrogens with one attached hydrogen (secondary N) is 1. The summed E-state index contributed by atoms with van der Waals surface area (Å²) in [5.41, 5.74) is 2.43. The zero-order chi connectivity index (χ0) is 12.4. The van der Waals surface area contributed by atoms with Crippen molar-refractivity contribution in [2.24, 2.45) is 0 Å². The van der Waals surface area contributed by atoms with Crippen LogP contribution in [0.15, 0.2) is 41.7 Å². The lowest BCUT2D eigenvalue weighted by atomic mass is 10.3. The van der Waals surface area contributed by atoms with Gasteiger partial charge >= 0.3 is 0 Å². The van der Waals surface area contributed by atoms with Gasteiger partial charge in [-0.1, -0.05) is 0 Å². The van der Waals surface area contributed by atoms with E-state index in [1.165, 1.54) is 23.4 Å². The van der Waals surface area contributed by atoms with Gasteiger partial charge in [0.2, 0.25) is 0 Å². The Bertz CT molecular complexity index is 514. The molecule has 0 unspecified atom stereocenters. The van der Waals surface area contributed by atoms with Crippen molar-refractivity contribution in [2.45, 2.75) is 30.3 Å². The van der Waals surface area contributed by atoms with Crippen LogP contribution in [0.4, 0.5) is 5.69 Å². The predicted molar refractivity (Wildman–Crippen MR) is 76.0 cm³/mol. The molecule has 2 aromatic rings. The standard InChI is InChI=1S/C14H17N3S/c1-18-14-6-2-11(3-7-14)16-9-13-8-15-10-17(13)12-4-5-12/h2-3,6-8,10,12,16H,4-5,9H2,1H3. The first-order valence-corrected chi connectivity index (χ1v) is 7.48. The zero-order valence-electron chi connectivity index (χ0n) is 10.5. The highest BCUT2D eigenvalue weighted by Gasteiger charge is 2.24. The SMILES string of the molecule is CSc1ccc(NCc2cncn2C2CC2)cc1. The molecule has 3 nitrogen and oxygen atoms in total. The minimum atomic E-state index is 0.697. The molecule has 18 heavy (non-hydrogen) atoms. The van der Waals surface area contributed by atoms with Gasteiger partial charge in [0.25, 0.3) is 0 Å². The molecular formula is C14H17N3S. The molecule has 1 aliphatic carbocycles. The monoisotopic (exact) mass is 259 g/mol. The fourth-order valence-electron chi connectivity index (χ4n) is 2.05. The molecule has 1 saturated carbocycles. The summed E-state index contributed by atoms with van der Waals surface area (Å²) in [6.45, 7) is 0.842. The van der Waals surface area contributed by atoms with Crippen LogP contribution in [0.5, 0.6) is 0 Å². The fourth-order valence-corrected chi connectivity index (χ4v) is 2.46. The number of hydrogen-bond acceptors (Lipinski definition) is 3. The van der Waals surface area contributed by atoms with Crippen molar-refractivity contribution in [3.63, 3.8) is 0 Å². The number of hydrogen-bond donors (Lipinski definition) is 1. The molecule has 0 amide bonds. The van der Waals surface area contributed by atoms with Gasteiger partial charge < -0.3 is 9.88 Å². The molecule has 1 heterocycles. The highest BCUT2D eigenvalue weighted by molar-refractivity contribution is 7.98. The molecule has 1 aromatic heterocycles. The van der Waals surface area contributed by atoms with Crippen LogP contribution in [0.2, 0.25) is 0 Å². The highest BCUT2D eigenvalue weighted by atomic mass is 32.2. The van der Waals surface area contributed by atoms with Crippen LogP contribution in [-0.4, -0.2) is 15.8 Å². The minimum absolute atomic E-state index is 0.697. The predicted octanol–water partition coefficient (Wildman–Crippen LogP) is 3.55. The molecule has 0 bridgehead atoms. The molecule has 0 aliphatic heterocycles. The Kier molecular flexibility index (Phi) is 3.28. The van der Waals surface area contributed by atoms with Gasteiger partial charge in [-0.25, -0.2) is 4.98 Å². The van der Waals surface area contributed by atoms with Gasteiger partial charge in [-0.15, -0.1) is 11.8 Å². The normalized spacial score (nSPS) is 14.7. The Morgan fingerprint density at radius 1 is 1.33 bits per heavy atom. The van der Waals surface area contributed by atoms with Gasteiger partial charge in [0.15, 0.2) is 0 Å². The number of benzene rings is 1. The van der Waals surface area contributed by atoms with Crippen molar-refractivity contribution in [3.8, 4) is 0 Å².